The van der Waals surface area contributed by atoms with Gasteiger partial charge in [0.15, 0.2) is 0 Å². The zero-order valence-electron chi connectivity index (χ0n) is 13.1. The highest BCUT2D eigenvalue weighted by Crippen LogP contribution is 2.07. The van der Waals surface area contributed by atoms with Crippen molar-refractivity contribution >= 4 is 15.9 Å². The Labute approximate surface area is 132 Å². The molecule has 6 nitrogen and oxygen atoms in total. The molecular weight excluding hydrogens is 302 g/mol. The lowest BCUT2D eigenvalue weighted by molar-refractivity contribution is -0.131. The Balaban J connectivity index is 1.80. The van der Waals surface area contributed by atoms with Crippen LogP contribution in [0.4, 0.5) is 0 Å². The van der Waals surface area contributed by atoms with Crippen molar-refractivity contribution in [3.63, 3.8) is 0 Å². The third kappa shape index (κ3) is 4.79. The van der Waals surface area contributed by atoms with Crippen LogP contribution in [0.5, 0.6) is 0 Å². The molecule has 1 aromatic rings. The van der Waals surface area contributed by atoms with Crippen molar-refractivity contribution < 1.29 is 13.2 Å². The number of piperazine rings is 1. The van der Waals surface area contributed by atoms with E-state index in [4.69, 9.17) is 0 Å². The van der Waals surface area contributed by atoms with Crippen molar-refractivity contribution in [3.05, 3.63) is 35.9 Å². The standard InChI is InChI=1S/C15H23N3O3S/c1-16(12-14-6-4-3-5-7-14)15(19)13-17-8-10-18(11-9-17)22(2,20)21/h3-7H,8-13H2,1-2H3. The molecule has 1 heterocycles. The Hall–Kier alpha value is -1.44. The molecule has 0 bridgehead atoms. The predicted molar refractivity (Wildman–Crippen MR) is 85.8 cm³/mol. The van der Waals surface area contributed by atoms with Gasteiger partial charge >= 0.3 is 0 Å². The third-order valence-electron chi connectivity index (χ3n) is 3.85. The quantitative estimate of drug-likeness (QED) is 0.777. The number of carbonyl (C=O) groups is 1. The van der Waals surface area contributed by atoms with Crippen molar-refractivity contribution in [1.82, 2.24) is 14.1 Å². The van der Waals surface area contributed by atoms with Crippen LogP contribution in [0.15, 0.2) is 30.3 Å². The Morgan fingerprint density at radius 3 is 2.27 bits per heavy atom. The van der Waals surface area contributed by atoms with Gasteiger partial charge in [-0.2, -0.15) is 4.31 Å². The molecule has 0 spiro atoms. The number of benzene rings is 1. The van der Waals surface area contributed by atoms with E-state index < -0.39 is 10.0 Å². The molecule has 0 saturated carbocycles. The molecule has 1 saturated heterocycles. The first-order chi connectivity index (χ1) is 10.4. The summed E-state index contributed by atoms with van der Waals surface area (Å²) in [6.07, 6.45) is 1.22. The Morgan fingerprint density at radius 2 is 1.73 bits per heavy atom. The third-order valence-corrected chi connectivity index (χ3v) is 5.15. The molecule has 22 heavy (non-hydrogen) atoms. The molecule has 0 atom stereocenters. The first-order valence-corrected chi connectivity index (χ1v) is 9.16. The molecule has 1 aliphatic rings. The maximum absolute atomic E-state index is 12.2. The van der Waals surface area contributed by atoms with E-state index in [2.05, 4.69) is 0 Å². The van der Waals surface area contributed by atoms with Crippen LogP contribution in [-0.4, -0.2) is 74.5 Å². The highest BCUT2D eigenvalue weighted by molar-refractivity contribution is 7.88. The number of hydrogen-bond donors (Lipinski definition) is 0. The number of hydrogen-bond acceptors (Lipinski definition) is 4. The number of amides is 1. The van der Waals surface area contributed by atoms with Gasteiger partial charge in [0.1, 0.15) is 0 Å². The van der Waals surface area contributed by atoms with Crippen molar-refractivity contribution in [2.45, 2.75) is 6.54 Å². The van der Waals surface area contributed by atoms with Gasteiger partial charge in [0.05, 0.1) is 12.8 Å². The fourth-order valence-electron chi connectivity index (χ4n) is 2.48. The Morgan fingerprint density at radius 1 is 1.14 bits per heavy atom. The summed E-state index contributed by atoms with van der Waals surface area (Å²) in [6, 6.07) is 9.85. The van der Waals surface area contributed by atoms with E-state index in [1.165, 1.54) is 10.6 Å². The summed E-state index contributed by atoms with van der Waals surface area (Å²) in [6.45, 7) is 3.02. The topological polar surface area (TPSA) is 60.9 Å². The van der Waals surface area contributed by atoms with Crippen LogP contribution >= 0.6 is 0 Å². The van der Waals surface area contributed by atoms with Crippen LogP contribution in [-0.2, 0) is 21.4 Å². The van der Waals surface area contributed by atoms with E-state index >= 15 is 0 Å². The van der Waals surface area contributed by atoms with E-state index in [9.17, 15) is 13.2 Å². The van der Waals surface area contributed by atoms with Crippen molar-refractivity contribution in [3.8, 4) is 0 Å². The average molecular weight is 325 g/mol. The molecule has 0 N–H and O–H groups in total. The van der Waals surface area contributed by atoms with Gasteiger partial charge in [-0.15, -0.1) is 0 Å². The van der Waals surface area contributed by atoms with Gasteiger partial charge in [-0.3, -0.25) is 9.69 Å². The van der Waals surface area contributed by atoms with Crippen LogP contribution in [0.2, 0.25) is 0 Å². The largest absolute Gasteiger partial charge is 0.340 e. The normalized spacial score (nSPS) is 17.4. The van der Waals surface area contributed by atoms with E-state index in [-0.39, 0.29) is 5.91 Å². The molecule has 2 rings (SSSR count). The van der Waals surface area contributed by atoms with Crippen molar-refractivity contribution in [2.75, 3.05) is 46.0 Å². The van der Waals surface area contributed by atoms with Crippen molar-refractivity contribution in [2.24, 2.45) is 0 Å². The molecule has 0 unspecified atom stereocenters. The van der Waals surface area contributed by atoms with Gasteiger partial charge in [0.25, 0.3) is 0 Å². The lowest BCUT2D eigenvalue weighted by Crippen LogP contribution is -2.50. The van der Waals surface area contributed by atoms with E-state index in [0.29, 0.717) is 39.3 Å². The summed E-state index contributed by atoms with van der Waals surface area (Å²) < 4.78 is 24.4. The van der Waals surface area contributed by atoms with Gasteiger partial charge in [-0.25, -0.2) is 8.42 Å². The zero-order chi connectivity index (χ0) is 16.2. The average Bonchev–Trinajstić information content (AvgIpc) is 2.48. The van der Waals surface area contributed by atoms with E-state index in [0.717, 1.165) is 5.56 Å². The predicted octanol–water partition coefficient (Wildman–Crippen LogP) is 0.222. The molecule has 0 radical (unpaired) electrons. The van der Waals surface area contributed by atoms with Gasteiger partial charge in [-0.1, -0.05) is 30.3 Å². The van der Waals surface area contributed by atoms with Gasteiger partial charge in [0, 0.05) is 39.8 Å². The second-order valence-corrected chi connectivity index (χ2v) is 7.66. The minimum Gasteiger partial charge on any atom is -0.340 e. The summed E-state index contributed by atoms with van der Waals surface area (Å²) >= 11 is 0. The van der Waals surface area contributed by atoms with Crippen LogP contribution in [0.3, 0.4) is 0 Å². The minimum atomic E-state index is -3.12. The first kappa shape index (κ1) is 16.9. The maximum atomic E-state index is 12.2. The monoisotopic (exact) mass is 325 g/mol. The lowest BCUT2D eigenvalue weighted by Gasteiger charge is -2.33. The van der Waals surface area contributed by atoms with Gasteiger partial charge in [-0.05, 0) is 5.56 Å². The summed E-state index contributed by atoms with van der Waals surface area (Å²) in [7, 11) is -1.33. The Kier molecular flexibility index (Phi) is 5.55. The number of sulfonamides is 1. The van der Waals surface area contributed by atoms with E-state index in [1.54, 1.807) is 11.9 Å². The first-order valence-electron chi connectivity index (χ1n) is 7.31. The summed E-state index contributed by atoms with van der Waals surface area (Å²) in [5, 5.41) is 0. The second kappa shape index (κ2) is 7.21. The molecule has 1 aromatic carbocycles. The summed E-state index contributed by atoms with van der Waals surface area (Å²) in [4.78, 5) is 16.0. The smallest absolute Gasteiger partial charge is 0.236 e. The number of carbonyl (C=O) groups excluding carboxylic acids is 1. The molecule has 1 aliphatic heterocycles. The van der Waals surface area contributed by atoms with Crippen LogP contribution < -0.4 is 0 Å². The molecule has 1 amide bonds. The van der Waals surface area contributed by atoms with Gasteiger partial charge < -0.3 is 4.90 Å². The lowest BCUT2D eigenvalue weighted by atomic mass is 10.2. The zero-order valence-corrected chi connectivity index (χ0v) is 13.9. The van der Waals surface area contributed by atoms with Crippen LogP contribution in [0.25, 0.3) is 0 Å². The minimum absolute atomic E-state index is 0.0525. The highest BCUT2D eigenvalue weighted by atomic mass is 32.2. The molecule has 0 aliphatic carbocycles. The van der Waals surface area contributed by atoms with Crippen LogP contribution in [0.1, 0.15) is 5.56 Å². The molecular formula is C15H23N3O3S. The molecule has 0 aromatic heterocycles. The summed E-state index contributed by atoms with van der Waals surface area (Å²) in [5.41, 5.74) is 1.10. The number of likely N-dealkylation sites (N-methyl/N-ethyl adjacent to an activating group) is 1. The second-order valence-electron chi connectivity index (χ2n) is 5.67. The Bertz CT molecular complexity index is 596. The molecule has 122 valence electrons. The van der Waals surface area contributed by atoms with E-state index in [1.807, 2.05) is 35.2 Å². The van der Waals surface area contributed by atoms with Crippen molar-refractivity contribution in [1.29, 1.82) is 0 Å². The van der Waals surface area contributed by atoms with Gasteiger partial charge in [0.2, 0.25) is 15.9 Å². The summed E-state index contributed by atoms with van der Waals surface area (Å²) in [5.74, 6) is 0.0525. The maximum Gasteiger partial charge on any atom is 0.236 e. The SMILES string of the molecule is CN(Cc1ccccc1)C(=O)CN1CCN(S(C)(=O)=O)CC1. The number of rotatable bonds is 5. The molecule has 1 fully saturated rings. The van der Waals surface area contributed by atoms with Crippen LogP contribution in [0, 0.1) is 0 Å². The number of nitrogens with zero attached hydrogens (tertiary/aromatic N) is 3. The molecule has 7 heteroatoms. The fourth-order valence-corrected chi connectivity index (χ4v) is 3.30. The highest BCUT2D eigenvalue weighted by Gasteiger charge is 2.25. The fraction of sp³-hybridized carbons (Fsp3) is 0.533.